The predicted octanol–water partition coefficient (Wildman–Crippen LogP) is 5.47. The molecule has 4 rings (SSSR count). The third-order valence-electron chi connectivity index (χ3n) is 6.81. The van der Waals surface area contributed by atoms with Crippen molar-refractivity contribution in [2.45, 2.75) is 57.0 Å². The van der Waals surface area contributed by atoms with Crippen LogP contribution in [0.1, 0.15) is 56.7 Å². The number of benzene rings is 1. The van der Waals surface area contributed by atoms with Gasteiger partial charge in [-0.3, -0.25) is 9.79 Å². The molecule has 0 saturated heterocycles. The molecule has 0 radical (unpaired) electrons. The van der Waals surface area contributed by atoms with E-state index in [1.807, 2.05) is 5.38 Å². The van der Waals surface area contributed by atoms with Crippen molar-refractivity contribution in [2.24, 2.45) is 16.8 Å². The largest absolute Gasteiger partial charge is 0.485 e. The van der Waals surface area contributed by atoms with Gasteiger partial charge in [0.1, 0.15) is 11.5 Å². The Balaban J connectivity index is 1.87. The molecule has 1 aliphatic carbocycles. The summed E-state index contributed by atoms with van der Waals surface area (Å²) in [5, 5.41) is 11.9. The van der Waals surface area contributed by atoms with Crippen molar-refractivity contribution in [1.82, 2.24) is 9.29 Å². The zero-order chi connectivity index (χ0) is 26.9. The van der Waals surface area contributed by atoms with E-state index in [0.29, 0.717) is 39.9 Å². The summed E-state index contributed by atoms with van der Waals surface area (Å²) in [5.41, 5.74) is 4.81. The molecular formula is C26H29BrN4O4S2. The smallest absolute Gasteiger partial charge is 0.246 e. The molecule has 0 N–H and O–H groups in total. The normalized spacial score (nSPS) is 22.0. The molecule has 1 aliphatic heterocycles. The molecule has 3 unspecified atom stereocenters. The topological polar surface area (TPSA) is 113 Å². The van der Waals surface area contributed by atoms with Gasteiger partial charge in [0, 0.05) is 48.8 Å². The maximum absolute atomic E-state index is 13.4. The van der Waals surface area contributed by atoms with Crippen molar-refractivity contribution >= 4 is 48.8 Å². The molecule has 11 heteroatoms. The minimum absolute atomic E-state index is 0.0156. The summed E-state index contributed by atoms with van der Waals surface area (Å²) < 4.78 is 34.3. The molecule has 0 spiro atoms. The average Bonchev–Trinajstić information content (AvgIpc) is 3.35. The number of ketones is 1. The van der Waals surface area contributed by atoms with Crippen molar-refractivity contribution < 1.29 is 17.9 Å². The van der Waals surface area contributed by atoms with E-state index in [-0.39, 0.29) is 29.0 Å². The van der Waals surface area contributed by atoms with E-state index < -0.39 is 21.9 Å². The number of Topliss-reactive ketones (excluding diaryl/α,β-unsaturated/α-hetero) is 1. The van der Waals surface area contributed by atoms with Gasteiger partial charge in [-0.05, 0) is 59.3 Å². The average molecular weight is 606 g/mol. The summed E-state index contributed by atoms with van der Waals surface area (Å²) in [5.74, 6) is -0.933. The number of aromatic nitrogens is 1. The molecule has 0 bridgehead atoms. The number of thiazole rings is 1. The Morgan fingerprint density at radius 2 is 2.05 bits per heavy atom. The van der Waals surface area contributed by atoms with Gasteiger partial charge in [-0.1, -0.05) is 13.3 Å². The Hall–Kier alpha value is -2.39. The number of nitriles is 1. The van der Waals surface area contributed by atoms with Crippen LogP contribution in [0.5, 0.6) is 5.75 Å². The number of nitrogens with zero attached hydrogens (tertiary/aromatic N) is 4. The van der Waals surface area contributed by atoms with Gasteiger partial charge in [0.25, 0.3) is 0 Å². The minimum Gasteiger partial charge on any atom is -0.485 e. The summed E-state index contributed by atoms with van der Waals surface area (Å²) in [6, 6.07) is 5.62. The number of aliphatic imine (C=N–C) groups is 1. The molecule has 0 saturated carbocycles. The van der Waals surface area contributed by atoms with Gasteiger partial charge >= 0.3 is 0 Å². The van der Waals surface area contributed by atoms with E-state index >= 15 is 0 Å². The number of halogens is 1. The second kappa shape index (κ2) is 11.2. The molecule has 1 aromatic carbocycles. The van der Waals surface area contributed by atoms with Crippen LogP contribution in [0.3, 0.4) is 0 Å². The van der Waals surface area contributed by atoms with E-state index in [1.54, 1.807) is 24.6 Å². The molecule has 8 nitrogen and oxygen atoms in total. The zero-order valence-corrected chi connectivity index (χ0v) is 24.4. The quantitative estimate of drug-likeness (QED) is 0.395. The van der Waals surface area contributed by atoms with Gasteiger partial charge in [0.05, 0.1) is 27.7 Å². The first-order chi connectivity index (χ1) is 17.6. The SMILES string of the molecule is CCCC1CC(=O)C2=C(C1)N=C(C)C(C#N)C2c1cc(Br)c(OCc2cscn2)c(S(=O)(=O)N(C)C)c1. The maximum Gasteiger partial charge on any atom is 0.246 e. The van der Waals surface area contributed by atoms with Crippen LogP contribution in [-0.4, -0.2) is 43.3 Å². The highest BCUT2D eigenvalue weighted by Gasteiger charge is 2.42. The summed E-state index contributed by atoms with van der Waals surface area (Å²) in [4.78, 5) is 22.3. The Kier molecular flexibility index (Phi) is 8.33. The molecule has 2 aliphatic rings. The number of ether oxygens (including phenoxy) is 1. The minimum atomic E-state index is -3.93. The predicted molar refractivity (Wildman–Crippen MR) is 146 cm³/mol. The highest BCUT2D eigenvalue weighted by atomic mass is 79.9. The van der Waals surface area contributed by atoms with Crippen molar-refractivity contribution in [3.8, 4) is 11.8 Å². The standard InChI is InChI=1S/C26H29BrN4O4S2/c1-5-6-16-7-21-25(22(32)8-16)24(19(11-28)15(2)30-21)17-9-20(27)26(35-12-18-13-36-14-29-18)23(10-17)37(33,34)31(3)4/h9-10,13-14,16,19,24H,5-8,12H2,1-4H3. The molecule has 0 amide bonds. The molecular weight excluding hydrogens is 576 g/mol. The Labute approximate surface area is 230 Å². The molecule has 2 heterocycles. The van der Waals surface area contributed by atoms with E-state index in [2.05, 4.69) is 33.9 Å². The first-order valence-corrected chi connectivity index (χ1v) is 15.2. The first kappa shape index (κ1) is 27.6. The number of hydrogen-bond acceptors (Lipinski definition) is 8. The van der Waals surface area contributed by atoms with Gasteiger partial charge in [-0.15, -0.1) is 11.3 Å². The Bertz CT molecular complexity index is 1410. The van der Waals surface area contributed by atoms with Crippen molar-refractivity contribution in [2.75, 3.05) is 14.1 Å². The molecule has 37 heavy (non-hydrogen) atoms. The summed E-state index contributed by atoms with van der Waals surface area (Å²) in [6.07, 6.45) is 3.01. The number of rotatable bonds is 8. The number of carbonyl (C=O) groups excluding carboxylic acids is 1. The van der Waals surface area contributed by atoms with Crippen molar-refractivity contribution in [3.05, 3.63) is 50.0 Å². The summed E-state index contributed by atoms with van der Waals surface area (Å²) in [7, 11) is -1.03. The van der Waals surface area contributed by atoms with Gasteiger partial charge in [0.15, 0.2) is 11.5 Å². The van der Waals surface area contributed by atoms with Gasteiger partial charge in [0.2, 0.25) is 10.0 Å². The highest BCUT2D eigenvalue weighted by Crippen LogP contribution is 2.47. The lowest BCUT2D eigenvalue weighted by Crippen LogP contribution is -2.33. The fourth-order valence-corrected chi connectivity index (χ4v) is 7.38. The van der Waals surface area contributed by atoms with Gasteiger partial charge < -0.3 is 4.74 Å². The van der Waals surface area contributed by atoms with Gasteiger partial charge in [-0.2, -0.15) is 5.26 Å². The van der Waals surface area contributed by atoms with Crippen LogP contribution in [0.25, 0.3) is 0 Å². The van der Waals surface area contributed by atoms with Crippen LogP contribution in [0.4, 0.5) is 0 Å². The monoisotopic (exact) mass is 604 g/mol. The molecule has 2 aromatic rings. The van der Waals surface area contributed by atoms with Crippen LogP contribution in [0.2, 0.25) is 0 Å². The lowest BCUT2D eigenvalue weighted by atomic mass is 9.70. The maximum atomic E-state index is 13.4. The van der Waals surface area contributed by atoms with Crippen LogP contribution in [0.15, 0.2) is 48.7 Å². The lowest BCUT2D eigenvalue weighted by Gasteiger charge is -2.35. The highest BCUT2D eigenvalue weighted by molar-refractivity contribution is 9.10. The van der Waals surface area contributed by atoms with E-state index in [1.165, 1.54) is 25.4 Å². The van der Waals surface area contributed by atoms with Crippen LogP contribution in [0, 0.1) is 23.2 Å². The van der Waals surface area contributed by atoms with Crippen molar-refractivity contribution in [1.29, 1.82) is 5.26 Å². The molecule has 1 aromatic heterocycles. The summed E-state index contributed by atoms with van der Waals surface area (Å²) >= 11 is 4.94. The third kappa shape index (κ3) is 5.43. The lowest BCUT2D eigenvalue weighted by molar-refractivity contribution is -0.117. The number of allylic oxidation sites excluding steroid dienone is 2. The summed E-state index contributed by atoms with van der Waals surface area (Å²) in [6.45, 7) is 4.00. The van der Waals surface area contributed by atoms with Crippen molar-refractivity contribution in [3.63, 3.8) is 0 Å². The first-order valence-electron chi connectivity index (χ1n) is 12.0. The van der Waals surface area contributed by atoms with Crippen LogP contribution in [-0.2, 0) is 21.4 Å². The Morgan fingerprint density at radius 3 is 2.68 bits per heavy atom. The molecule has 196 valence electrons. The third-order valence-corrected chi connectivity index (χ3v) is 9.85. The zero-order valence-electron chi connectivity index (χ0n) is 21.2. The van der Waals surface area contributed by atoms with E-state index in [0.717, 1.165) is 22.8 Å². The van der Waals surface area contributed by atoms with E-state index in [4.69, 9.17) is 9.73 Å². The molecule has 3 atom stereocenters. The number of carbonyl (C=O) groups is 1. The van der Waals surface area contributed by atoms with E-state index in [9.17, 15) is 18.5 Å². The molecule has 0 fully saturated rings. The fraction of sp³-hybridized carbons (Fsp3) is 0.462. The number of sulfonamides is 1. The number of hydrogen-bond donors (Lipinski definition) is 0. The second-order valence-corrected chi connectivity index (χ2v) is 13.3. The van der Waals surface area contributed by atoms with Gasteiger partial charge in [-0.25, -0.2) is 17.7 Å². The fourth-order valence-electron chi connectivity index (χ4n) is 5.03. The van der Waals surface area contributed by atoms with Crippen LogP contribution >= 0.6 is 27.3 Å². The van der Waals surface area contributed by atoms with Crippen LogP contribution < -0.4 is 4.74 Å². The second-order valence-electron chi connectivity index (χ2n) is 9.57. The Morgan fingerprint density at radius 1 is 1.30 bits per heavy atom.